The topological polar surface area (TPSA) is 93.2 Å². The van der Waals surface area contributed by atoms with Crippen LogP contribution in [0.1, 0.15) is 11.1 Å². The second-order valence-corrected chi connectivity index (χ2v) is 4.36. The van der Waals surface area contributed by atoms with E-state index in [1.54, 1.807) is 23.0 Å². The number of aliphatic hydroxyl groups excluding tert-OH is 1. The molecule has 1 aromatic carbocycles. The Labute approximate surface area is 116 Å². The van der Waals surface area contributed by atoms with E-state index in [2.05, 4.69) is 10.4 Å². The molecule has 106 valence electrons. The first-order valence-corrected chi connectivity index (χ1v) is 6.25. The molecule has 0 aliphatic carbocycles. The van der Waals surface area contributed by atoms with Crippen LogP contribution in [0.2, 0.25) is 0 Å². The molecule has 0 aliphatic rings. The van der Waals surface area contributed by atoms with Gasteiger partial charge in [-0.05, 0) is 5.56 Å². The zero-order valence-corrected chi connectivity index (χ0v) is 10.9. The highest BCUT2D eigenvalue weighted by Gasteiger charge is 2.04. The van der Waals surface area contributed by atoms with E-state index >= 15 is 0 Å². The van der Waals surface area contributed by atoms with Crippen LogP contribution >= 0.6 is 0 Å². The van der Waals surface area contributed by atoms with Crippen LogP contribution in [0.4, 0.5) is 5.69 Å². The number of hydrogen-bond donors (Lipinski definition) is 2. The second kappa shape index (κ2) is 6.78. The number of nitro benzene ring substituents is 1. The van der Waals surface area contributed by atoms with Gasteiger partial charge in [-0.2, -0.15) is 5.10 Å². The van der Waals surface area contributed by atoms with Crippen LogP contribution in [0.25, 0.3) is 0 Å². The number of benzene rings is 1. The number of aliphatic hydroxyl groups is 1. The number of aromatic nitrogens is 2. The second-order valence-electron chi connectivity index (χ2n) is 4.36. The van der Waals surface area contributed by atoms with Gasteiger partial charge in [0, 0.05) is 37.0 Å². The summed E-state index contributed by atoms with van der Waals surface area (Å²) in [5.41, 5.74) is 2.11. The van der Waals surface area contributed by atoms with E-state index < -0.39 is 4.92 Å². The zero-order chi connectivity index (χ0) is 14.4. The summed E-state index contributed by atoms with van der Waals surface area (Å²) in [6, 6.07) is 6.47. The van der Waals surface area contributed by atoms with Crippen LogP contribution < -0.4 is 5.32 Å². The third-order valence-electron chi connectivity index (χ3n) is 2.82. The first-order valence-electron chi connectivity index (χ1n) is 6.25. The lowest BCUT2D eigenvalue weighted by Crippen LogP contribution is -2.12. The van der Waals surface area contributed by atoms with E-state index in [4.69, 9.17) is 5.11 Å². The number of nitro groups is 1. The van der Waals surface area contributed by atoms with Crippen LogP contribution in [-0.4, -0.2) is 26.4 Å². The van der Waals surface area contributed by atoms with E-state index in [-0.39, 0.29) is 12.3 Å². The highest BCUT2D eigenvalue weighted by Crippen LogP contribution is 2.11. The Morgan fingerprint density at radius 3 is 2.60 bits per heavy atom. The van der Waals surface area contributed by atoms with Gasteiger partial charge in [0.15, 0.2) is 0 Å². The minimum absolute atomic E-state index is 0.0668. The van der Waals surface area contributed by atoms with Gasteiger partial charge < -0.3 is 10.4 Å². The van der Waals surface area contributed by atoms with Crippen LogP contribution in [0, 0.1) is 10.1 Å². The van der Waals surface area contributed by atoms with Gasteiger partial charge >= 0.3 is 0 Å². The Morgan fingerprint density at radius 2 is 1.95 bits per heavy atom. The van der Waals surface area contributed by atoms with E-state index in [9.17, 15) is 10.1 Å². The molecule has 0 radical (unpaired) electrons. The van der Waals surface area contributed by atoms with Crippen molar-refractivity contribution >= 4 is 5.69 Å². The van der Waals surface area contributed by atoms with Gasteiger partial charge in [0.1, 0.15) is 0 Å². The van der Waals surface area contributed by atoms with E-state index in [0.717, 1.165) is 11.1 Å². The molecule has 20 heavy (non-hydrogen) atoms. The fourth-order valence-electron chi connectivity index (χ4n) is 1.81. The summed E-state index contributed by atoms with van der Waals surface area (Å²) in [4.78, 5) is 10.1. The molecule has 1 heterocycles. The SMILES string of the molecule is O=[N+]([O-])c1ccc(CNCc2cnn(CCO)c2)cc1. The van der Waals surface area contributed by atoms with Crippen molar-refractivity contribution in [3.05, 3.63) is 57.9 Å². The number of nitrogens with zero attached hydrogens (tertiary/aromatic N) is 3. The van der Waals surface area contributed by atoms with Gasteiger partial charge in [-0.25, -0.2) is 0 Å². The van der Waals surface area contributed by atoms with Crippen molar-refractivity contribution in [3.8, 4) is 0 Å². The Balaban J connectivity index is 1.81. The quantitative estimate of drug-likeness (QED) is 0.583. The van der Waals surface area contributed by atoms with Gasteiger partial charge in [0.2, 0.25) is 0 Å². The maximum atomic E-state index is 10.5. The maximum Gasteiger partial charge on any atom is 0.269 e. The number of nitrogens with one attached hydrogen (secondary N) is 1. The zero-order valence-electron chi connectivity index (χ0n) is 10.9. The molecule has 0 saturated heterocycles. The summed E-state index contributed by atoms with van der Waals surface area (Å²) < 4.78 is 1.68. The van der Waals surface area contributed by atoms with Crippen molar-refractivity contribution in [1.82, 2.24) is 15.1 Å². The third kappa shape index (κ3) is 3.87. The summed E-state index contributed by atoms with van der Waals surface area (Å²) in [6.07, 6.45) is 3.62. The van der Waals surface area contributed by atoms with Crippen molar-refractivity contribution in [2.75, 3.05) is 6.61 Å². The summed E-state index contributed by atoms with van der Waals surface area (Å²) in [5, 5.41) is 26.7. The predicted molar refractivity (Wildman–Crippen MR) is 73.0 cm³/mol. The molecule has 0 aliphatic heterocycles. The predicted octanol–water partition coefficient (Wildman–Crippen LogP) is 1.07. The summed E-state index contributed by atoms with van der Waals surface area (Å²) in [5.74, 6) is 0. The smallest absolute Gasteiger partial charge is 0.269 e. The maximum absolute atomic E-state index is 10.5. The van der Waals surface area contributed by atoms with Crippen molar-refractivity contribution < 1.29 is 10.0 Å². The highest BCUT2D eigenvalue weighted by atomic mass is 16.6. The fourth-order valence-corrected chi connectivity index (χ4v) is 1.81. The van der Waals surface area contributed by atoms with Crippen LogP contribution in [0.15, 0.2) is 36.7 Å². The molecule has 0 saturated carbocycles. The Hall–Kier alpha value is -2.25. The van der Waals surface area contributed by atoms with E-state index in [1.807, 2.05) is 6.20 Å². The minimum atomic E-state index is -0.410. The molecular weight excluding hydrogens is 260 g/mol. The summed E-state index contributed by atoms with van der Waals surface area (Å²) >= 11 is 0. The molecule has 0 bridgehead atoms. The molecule has 2 rings (SSSR count). The van der Waals surface area contributed by atoms with Crippen molar-refractivity contribution in [2.24, 2.45) is 0 Å². The molecule has 0 fully saturated rings. The molecule has 0 unspecified atom stereocenters. The summed E-state index contributed by atoms with van der Waals surface area (Å²) in [6.45, 7) is 1.84. The molecule has 7 nitrogen and oxygen atoms in total. The van der Waals surface area contributed by atoms with Gasteiger partial charge in [-0.15, -0.1) is 0 Å². The van der Waals surface area contributed by atoms with E-state index in [1.165, 1.54) is 12.1 Å². The first-order chi connectivity index (χ1) is 9.69. The molecular formula is C13H16N4O3. The van der Waals surface area contributed by atoms with Crippen molar-refractivity contribution in [1.29, 1.82) is 0 Å². The van der Waals surface area contributed by atoms with Crippen LogP contribution in [0.5, 0.6) is 0 Å². The van der Waals surface area contributed by atoms with Gasteiger partial charge in [0.05, 0.1) is 24.3 Å². The normalized spacial score (nSPS) is 10.7. The van der Waals surface area contributed by atoms with Gasteiger partial charge in [-0.1, -0.05) is 12.1 Å². The molecule has 0 spiro atoms. The first kappa shape index (κ1) is 14.2. The lowest BCUT2D eigenvalue weighted by atomic mass is 10.2. The molecule has 0 atom stereocenters. The Morgan fingerprint density at radius 1 is 1.25 bits per heavy atom. The average molecular weight is 276 g/mol. The largest absolute Gasteiger partial charge is 0.394 e. The monoisotopic (exact) mass is 276 g/mol. The average Bonchev–Trinajstić information content (AvgIpc) is 2.87. The fraction of sp³-hybridized carbons (Fsp3) is 0.308. The van der Waals surface area contributed by atoms with Crippen molar-refractivity contribution in [3.63, 3.8) is 0 Å². The third-order valence-corrected chi connectivity index (χ3v) is 2.82. The molecule has 7 heteroatoms. The Bertz CT molecular complexity index is 565. The standard InChI is InChI=1S/C13H16N4O3/c18-6-5-16-10-12(9-15-16)8-14-7-11-1-3-13(4-2-11)17(19)20/h1-4,9-10,14,18H,5-8H2. The van der Waals surface area contributed by atoms with Crippen molar-refractivity contribution in [2.45, 2.75) is 19.6 Å². The van der Waals surface area contributed by atoms with Gasteiger partial charge in [0.25, 0.3) is 5.69 Å². The molecule has 2 aromatic rings. The summed E-state index contributed by atoms with van der Waals surface area (Å²) in [7, 11) is 0. The lowest BCUT2D eigenvalue weighted by Gasteiger charge is -2.03. The number of hydrogen-bond acceptors (Lipinski definition) is 5. The molecule has 1 aromatic heterocycles. The highest BCUT2D eigenvalue weighted by molar-refractivity contribution is 5.32. The van der Waals surface area contributed by atoms with Crippen LogP contribution in [-0.2, 0) is 19.6 Å². The number of non-ortho nitro benzene ring substituents is 1. The Kier molecular flexibility index (Phi) is 4.80. The minimum Gasteiger partial charge on any atom is -0.394 e. The van der Waals surface area contributed by atoms with Gasteiger partial charge in [-0.3, -0.25) is 14.8 Å². The molecule has 0 amide bonds. The number of rotatable bonds is 7. The van der Waals surface area contributed by atoms with E-state index in [0.29, 0.717) is 19.6 Å². The lowest BCUT2D eigenvalue weighted by molar-refractivity contribution is -0.384. The molecule has 2 N–H and O–H groups in total. The van der Waals surface area contributed by atoms with Crippen LogP contribution in [0.3, 0.4) is 0 Å².